The van der Waals surface area contributed by atoms with Gasteiger partial charge in [-0.3, -0.25) is 19.2 Å². The molecule has 1 N–H and O–H groups in total. The SMILES string of the molecule is Cc1cccc(C(C)C)c1NS(=O)(=O)c1ccc(N2C(=O)CCCC2=O)cc1. The minimum absolute atomic E-state index is 0.0751. The van der Waals surface area contributed by atoms with E-state index in [1.54, 1.807) is 0 Å². The first-order valence-corrected chi connectivity index (χ1v) is 10.8. The van der Waals surface area contributed by atoms with Crippen molar-refractivity contribution in [3.05, 3.63) is 53.6 Å². The van der Waals surface area contributed by atoms with Crippen LogP contribution in [0, 0.1) is 6.92 Å². The molecule has 7 heteroatoms. The summed E-state index contributed by atoms with van der Waals surface area (Å²) >= 11 is 0. The van der Waals surface area contributed by atoms with E-state index >= 15 is 0 Å². The Bertz CT molecular complexity index is 995. The van der Waals surface area contributed by atoms with Gasteiger partial charge < -0.3 is 0 Å². The summed E-state index contributed by atoms with van der Waals surface area (Å²) in [5.41, 5.74) is 2.75. The molecule has 1 aliphatic rings. The number of para-hydroxylation sites is 1. The Morgan fingerprint density at radius 2 is 1.57 bits per heavy atom. The summed E-state index contributed by atoms with van der Waals surface area (Å²) in [7, 11) is -3.80. The van der Waals surface area contributed by atoms with Gasteiger partial charge in [0.15, 0.2) is 0 Å². The van der Waals surface area contributed by atoms with Crippen LogP contribution in [0.15, 0.2) is 47.4 Å². The quantitative estimate of drug-likeness (QED) is 0.770. The number of sulfonamides is 1. The van der Waals surface area contributed by atoms with Crippen LogP contribution in [-0.4, -0.2) is 20.2 Å². The van der Waals surface area contributed by atoms with Crippen molar-refractivity contribution in [1.29, 1.82) is 0 Å². The van der Waals surface area contributed by atoms with Crippen LogP contribution in [0.4, 0.5) is 11.4 Å². The van der Waals surface area contributed by atoms with E-state index in [-0.39, 0.29) is 22.6 Å². The molecule has 0 aromatic heterocycles. The Balaban J connectivity index is 1.90. The molecule has 0 radical (unpaired) electrons. The van der Waals surface area contributed by atoms with Gasteiger partial charge in [0.1, 0.15) is 0 Å². The number of imide groups is 1. The van der Waals surface area contributed by atoms with Crippen molar-refractivity contribution in [2.75, 3.05) is 9.62 Å². The maximum absolute atomic E-state index is 12.9. The second-order valence-electron chi connectivity index (χ2n) is 7.27. The number of nitrogens with zero attached hydrogens (tertiary/aromatic N) is 1. The number of hydrogen-bond donors (Lipinski definition) is 1. The Morgan fingerprint density at radius 3 is 2.14 bits per heavy atom. The molecule has 2 aromatic rings. The van der Waals surface area contributed by atoms with E-state index in [9.17, 15) is 18.0 Å². The molecule has 1 aliphatic heterocycles. The summed E-state index contributed by atoms with van der Waals surface area (Å²) in [4.78, 5) is 25.3. The Morgan fingerprint density at radius 1 is 0.964 bits per heavy atom. The van der Waals surface area contributed by atoms with E-state index in [0.717, 1.165) is 16.0 Å². The van der Waals surface area contributed by atoms with Gasteiger partial charge in [0.05, 0.1) is 16.3 Å². The van der Waals surface area contributed by atoms with Crippen molar-refractivity contribution in [2.24, 2.45) is 0 Å². The Hall–Kier alpha value is -2.67. The Kier molecular flexibility index (Phi) is 5.56. The van der Waals surface area contributed by atoms with Gasteiger partial charge in [-0.15, -0.1) is 0 Å². The molecule has 0 aliphatic carbocycles. The van der Waals surface area contributed by atoms with Crippen LogP contribution in [0.3, 0.4) is 0 Å². The van der Waals surface area contributed by atoms with Crippen molar-refractivity contribution < 1.29 is 18.0 Å². The number of piperidine rings is 1. The van der Waals surface area contributed by atoms with Crippen molar-refractivity contribution >= 4 is 33.2 Å². The number of hydrogen-bond acceptors (Lipinski definition) is 4. The van der Waals surface area contributed by atoms with E-state index in [2.05, 4.69) is 4.72 Å². The second-order valence-corrected chi connectivity index (χ2v) is 8.95. The summed E-state index contributed by atoms with van der Waals surface area (Å²) in [5, 5.41) is 0. The molecule has 1 fully saturated rings. The minimum atomic E-state index is -3.80. The number of nitrogens with one attached hydrogen (secondary N) is 1. The first-order chi connectivity index (χ1) is 13.2. The zero-order valence-electron chi connectivity index (χ0n) is 16.2. The molecule has 6 nitrogen and oxygen atoms in total. The average molecular weight is 401 g/mol. The van der Waals surface area contributed by atoms with Crippen molar-refractivity contribution in [3.8, 4) is 0 Å². The molecule has 2 aromatic carbocycles. The van der Waals surface area contributed by atoms with E-state index in [0.29, 0.717) is 30.6 Å². The molecule has 0 bridgehead atoms. The molecule has 148 valence electrons. The number of aryl methyl sites for hydroxylation is 1. The molecule has 2 amide bonds. The summed E-state index contributed by atoms with van der Waals surface area (Å²) < 4.78 is 28.5. The minimum Gasteiger partial charge on any atom is -0.279 e. The fraction of sp³-hybridized carbons (Fsp3) is 0.333. The molecule has 1 saturated heterocycles. The first kappa shape index (κ1) is 20.1. The molecule has 0 unspecified atom stereocenters. The summed E-state index contributed by atoms with van der Waals surface area (Å²) in [6, 6.07) is 11.5. The van der Waals surface area contributed by atoms with Gasteiger partial charge in [0.2, 0.25) is 11.8 Å². The molecular formula is C21H24N2O4S. The maximum atomic E-state index is 12.9. The summed E-state index contributed by atoms with van der Waals surface area (Å²) in [6.45, 7) is 5.88. The van der Waals surface area contributed by atoms with Crippen molar-refractivity contribution in [1.82, 2.24) is 0 Å². The van der Waals surface area contributed by atoms with Crippen molar-refractivity contribution in [3.63, 3.8) is 0 Å². The van der Waals surface area contributed by atoms with E-state index < -0.39 is 10.0 Å². The van der Waals surface area contributed by atoms with Crippen molar-refractivity contribution in [2.45, 2.75) is 50.8 Å². The van der Waals surface area contributed by atoms with Gasteiger partial charge in [0.25, 0.3) is 10.0 Å². The lowest BCUT2D eigenvalue weighted by Crippen LogP contribution is -2.40. The highest BCUT2D eigenvalue weighted by molar-refractivity contribution is 7.92. The topological polar surface area (TPSA) is 83.6 Å². The van der Waals surface area contributed by atoms with Crippen LogP contribution in [0.2, 0.25) is 0 Å². The molecule has 0 atom stereocenters. The molecular weight excluding hydrogens is 376 g/mol. The van der Waals surface area contributed by atoms with Crippen LogP contribution >= 0.6 is 0 Å². The van der Waals surface area contributed by atoms with Crippen LogP contribution in [0.25, 0.3) is 0 Å². The molecule has 1 heterocycles. The molecule has 0 spiro atoms. The third-order valence-corrected chi connectivity index (χ3v) is 6.21. The number of anilines is 2. The number of carbonyl (C=O) groups is 2. The Labute approximate surface area is 165 Å². The monoisotopic (exact) mass is 400 g/mol. The lowest BCUT2D eigenvalue weighted by Gasteiger charge is -2.25. The lowest BCUT2D eigenvalue weighted by molar-refractivity contribution is -0.129. The highest BCUT2D eigenvalue weighted by Gasteiger charge is 2.28. The lowest BCUT2D eigenvalue weighted by atomic mass is 9.99. The number of amides is 2. The van der Waals surface area contributed by atoms with Crippen LogP contribution in [0.1, 0.15) is 50.2 Å². The second kappa shape index (κ2) is 7.75. The third-order valence-electron chi connectivity index (χ3n) is 4.85. The predicted molar refractivity (Wildman–Crippen MR) is 109 cm³/mol. The summed E-state index contributed by atoms with van der Waals surface area (Å²) in [5.74, 6) is -0.353. The van der Waals surface area contributed by atoms with Crippen LogP contribution in [-0.2, 0) is 19.6 Å². The summed E-state index contributed by atoms with van der Waals surface area (Å²) in [6.07, 6.45) is 1.19. The van der Waals surface area contributed by atoms with Crippen LogP contribution in [0.5, 0.6) is 0 Å². The van der Waals surface area contributed by atoms with Gasteiger partial charge in [-0.1, -0.05) is 32.0 Å². The van der Waals surface area contributed by atoms with Gasteiger partial charge >= 0.3 is 0 Å². The van der Waals surface area contributed by atoms with E-state index in [4.69, 9.17) is 0 Å². The number of benzene rings is 2. The normalized spacial score (nSPS) is 15.2. The van der Waals surface area contributed by atoms with Gasteiger partial charge in [-0.05, 0) is 54.7 Å². The average Bonchev–Trinajstić information content (AvgIpc) is 2.63. The van der Waals surface area contributed by atoms with Gasteiger partial charge in [-0.25, -0.2) is 8.42 Å². The highest BCUT2D eigenvalue weighted by atomic mass is 32.2. The third kappa shape index (κ3) is 3.94. The molecule has 0 saturated carbocycles. The number of rotatable bonds is 5. The van der Waals surface area contributed by atoms with Crippen LogP contribution < -0.4 is 9.62 Å². The highest BCUT2D eigenvalue weighted by Crippen LogP contribution is 2.30. The largest absolute Gasteiger partial charge is 0.279 e. The fourth-order valence-electron chi connectivity index (χ4n) is 3.32. The zero-order chi connectivity index (χ0) is 20.5. The maximum Gasteiger partial charge on any atom is 0.261 e. The zero-order valence-corrected chi connectivity index (χ0v) is 17.0. The number of carbonyl (C=O) groups excluding carboxylic acids is 2. The first-order valence-electron chi connectivity index (χ1n) is 9.29. The van der Waals surface area contributed by atoms with E-state index in [1.165, 1.54) is 24.3 Å². The van der Waals surface area contributed by atoms with Gasteiger partial charge in [-0.2, -0.15) is 0 Å². The standard InChI is InChI=1S/C21H24N2O4S/c1-14(2)18-7-4-6-15(3)21(18)22-28(26,27)17-12-10-16(11-13-17)23-19(24)8-5-9-20(23)25/h4,6-7,10-14,22H,5,8-9H2,1-3H3. The molecule has 28 heavy (non-hydrogen) atoms. The van der Waals surface area contributed by atoms with E-state index in [1.807, 2.05) is 39.0 Å². The smallest absolute Gasteiger partial charge is 0.261 e. The van der Waals surface area contributed by atoms with Gasteiger partial charge in [0, 0.05) is 12.8 Å². The predicted octanol–water partition coefficient (Wildman–Crippen LogP) is 3.96. The molecule has 3 rings (SSSR count). The fourth-order valence-corrected chi connectivity index (χ4v) is 4.48.